The molecule has 2 aliphatic rings. The molecule has 2 N–H and O–H groups in total. The number of benzene rings is 1. The molecule has 2 aliphatic carbocycles. The number of carbonyl (C=O) groups is 2. The topological polar surface area (TPSA) is 97.1 Å². The first-order valence-electron chi connectivity index (χ1n) is 8.78. The number of carboxylic acid groups (broad SMARTS) is 1. The van der Waals surface area contributed by atoms with Crippen molar-refractivity contribution in [3.63, 3.8) is 0 Å². The van der Waals surface area contributed by atoms with Gasteiger partial charge in [-0.15, -0.1) is 10.2 Å². The number of carboxylic acids is 1. The van der Waals surface area contributed by atoms with Crippen LogP contribution in [-0.4, -0.2) is 37.5 Å². The van der Waals surface area contributed by atoms with Gasteiger partial charge in [0.05, 0.1) is 11.3 Å². The molecule has 136 valence electrons. The Morgan fingerprint density at radius 1 is 1.15 bits per heavy atom. The van der Waals surface area contributed by atoms with E-state index in [4.69, 9.17) is 5.11 Å². The first-order chi connectivity index (χ1) is 12.6. The number of nitrogens with one attached hydrogen (secondary N) is 1. The number of nitrogens with zero attached hydrogens (tertiary/aromatic N) is 3. The number of hydrogen-bond acceptors (Lipinski definition) is 5. The third-order valence-corrected chi connectivity index (χ3v) is 5.51. The minimum Gasteiger partial charge on any atom is -0.478 e. The Morgan fingerprint density at radius 3 is 2.50 bits per heavy atom. The van der Waals surface area contributed by atoms with Gasteiger partial charge in [0.25, 0.3) is 0 Å². The second kappa shape index (κ2) is 7.11. The van der Waals surface area contributed by atoms with Gasteiger partial charge in [0.2, 0.25) is 5.91 Å². The molecule has 0 saturated heterocycles. The lowest BCUT2D eigenvalue weighted by Crippen LogP contribution is -2.24. The molecule has 0 bridgehead atoms. The van der Waals surface area contributed by atoms with Crippen LogP contribution in [0.5, 0.6) is 0 Å². The second-order valence-electron chi connectivity index (χ2n) is 6.78. The van der Waals surface area contributed by atoms with Gasteiger partial charge in [-0.05, 0) is 43.4 Å². The van der Waals surface area contributed by atoms with Gasteiger partial charge < -0.3 is 15.0 Å². The van der Waals surface area contributed by atoms with E-state index >= 15 is 0 Å². The van der Waals surface area contributed by atoms with Crippen molar-refractivity contribution in [3.8, 4) is 0 Å². The van der Waals surface area contributed by atoms with E-state index in [-0.39, 0.29) is 11.5 Å². The predicted octanol–water partition coefficient (Wildman–Crippen LogP) is 2.60. The molecule has 1 heterocycles. The van der Waals surface area contributed by atoms with Crippen molar-refractivity contribution in [1.29, 1.82) is 0 Å². The number of aromatic carboxylic acids is 1. The number of carbonyl (C=O) groups excluding carboxylic acids is 1. The van der Waals surface area contributed by atoms with Gasteiger partial charge in [-0.2, -0.15) is 0 Å². The molecule has 0 spiro atoms. The van der Waals surface area contributed by atoms with Crippen LogP contribution in [0.3, 0.4) is 0 Å². The van der Waals surface area contributed by atoms with Gasteiger partial charge in [-0.3, -0.25) is 4.79 Å². The number of thioether (sulfide) groups is 1. The maximum Gasteiger partial charge on any atom is 0.335 e. The van der Waals surface area contributed by atoms with Crippen LogP contribution in [0.1, 0.15) is 59.4 Å². The largest absolute Gasteiger partial charge is 0.478 e. The summed E-state index contributed by atoms with van der Waals surface area (Å²) in [6.07, 6.45) is 4.72. The summed E-state index contributed by atoms with van der Waals surface area (Å²) in [7, 11) is 0. The first-order valence-corrected chi connectivity index (χ1v) is 9.77. The van der Waals surface area contributed by atoms with Crippen molar-refractivity contribution in [2.24, 2.45) is 0 Å². The first kappa shape index (κ1) is 17.1. The fourth-order valence-corrected chi connectivity index (χ4v) is 3.67. The maximum absolute atomic E-state index is 12.1. The zero-order valence-corrected chi connectivity index (χ0v) is 15.0. The average molecular weight is 372 g/mol. The Bertz CT molecular complexity index is 825. The molecule has 0 atom stereocenters. The van der Waals surface area contributed by atoms with Crippen molar-refractivity contribution in [2.75, 3.05) is 5.75 Å². The minimum absolute atomic E-state index is 0.0735. The molecule has 2 saturated carbocycles. The molecule has 2 fully saturated rings. The predicted molar refractivity (Wildman–Crippen MR) is 96.2 cm³/mol. The highest BCUT2D eigenvalue weighted by Crippen LogP contribution is 2.45. The van der Waals surface area contributed by atoms with Crippen molar-refractivity contribution in [3.05, 3.63) is 41.2 Å². The number of amides is 1. The summed E-state index contributed by atoms with van der Waals surface area (Å²) in [5, 5.41) is 21.2. The van der Waals surface area contributed by atoms with Gasteiger partial charge in [0, 0.05) is 18.5 Å². The normalized spacial score (nSPS) is 16.5. The fourth-order valence-electron chi connectivity index (χ4n) is 2.83. The summed E-state index contributed by atoms with van der Waals surface area (Å²) in [5.41, 5.74) is 1.10. The summed E-state index contributed by atoms with van der Waals surface area (Å²) in [4.78, 5) is 23.0. The molecule has 7 nitrogen and oxygen atoms in total. The monoisotopic (exact) mass is 372 g/mol. The van der Waals surface area contributed by atoms with Crippen LogP contribution in [0.2, 0.25) is 0 Å². The van der Waals surface area contributed by atoms with Crippen molar-refractivity contribution < 1.29 is 14.7 Å². The van der Waals surface area contributed by atoms with E-state index in [1.54, 1.807) is 12.1 Å². The van der Waals surface area contributed by atoms with E-state index < -0.39 is 5.97 Å². The highest BCUT2D eigenvalue weighted by atomic mass is 32.2. The smallest absolute Gasteiger partial charge is 0.335 e. The molecule has 0 aliphatic heterocycles. The lowest BCUT2D eigenvalue weighted by molar-refractivity contribution is -0.118. The van der Waals surface area contributed by atoms with Crippen LogP contribution >= 0.6 is 11.8 Å². The van der Waals surface area contributed by atoms with Crippen molar-refractivity contribution in [1.82, 2.24) is 20.1 Å². The van der Waals surface area contributed by atoms with Crippen LogP contribution in [0.4, 0.5) is 0 Å². The average Bonchev–Trinajstić information content (AvgIpc) is 3.57. The Labute approximate surface area is 155 Å². The summed E-state index contributed by atoms with van der Waals surface area (Å²) in [5.74, 6) is 0.912. The second-order valence-corrected chi connectivity index (χ2v) is 7.73. The summed E-state index contributed by atoms with van der Waals surface area (Å²) >= 11 is 1.43. The standard InChI is InChI=1S/C18H20N4O3S/c23-15(19-9-11-1-3-13(4-2-11)17(24)25)10-26-18-21-20-16(12-5-6-12)22(18)14-7-8-14/h1-4,12,14H,5-10H2,(H,19,23)(H,24,25). The van der Waals surface area contributed by atoms with E-state index in [0.29, 0.717) is 24.3 Å². The molecular weight excluding hydrogens is 352 g/mol. The van der Waals surface area contributed by atoms with Crippen LogP contribution in [0, 0.1) is 0 Å². The maximum atomic E-state index is 12.1. The molecule has 8 heteroatoms. The van der Waals surface area contributed by atoms with E-state index in [1.807, 2.05) is 0 Å². The lowest BCUT2D eigenvalue weighted by Gasteiger charge is -2.08. The molecule has 1 aromatic carbocycles. The Hall–Kier alpha value is -2.35. The Morgan fingerprint density at radius 2 is 1.88 bits per heavy atom. The number of aromatic nitrogens is 3. The quantitative estimate of drug-likeness (QED) is 0.692. The van der Waals surface area contributed by atoms with Gasteiger partial charge in [0.15, 0.2) is 5.16 Å². The molecular formula is C18H20N4O3S. The van der Waals surface area contributed by atoms with Crippen LogP contribution < -0.4 is 5.32 Å². The minimum atomic E-state index is -0.956. The molecule has 1 amide bonds. The number of rotatable bonds is 8. The highest BCUT2D eigenvalue weighted by molar-refractivity contribution is 7.99. The third-order valence-electron chi connectivity index (χ3n) is 4.57. The highest BCUT2D eigenvalue weighted by Gasteiger charge is 2.36. The summed E-state index contributed by atoms with van der Waals surface area (Å²) in [6, 6.07) is 7.01. The molecule has 0 radical (unpaired) electrons. The Kier molecular flexibility index (Phi) is 4.67. The van der Waals surface area contributed by atoms with Gasteiger partial charge in [0.1, 0.15) is 5.82 Å². The van der Waals surface area contributed by atoms with E-state index in [1.165, 1.54) is 49.6 Å². The zero-order valence-electron chi connectivity index (χ0n) is 14.2. The molecule has 0 unspecified atom stereocenters. The van der Waals surface area contributed by atoms with E-state index in [2.05, 4.69) is 20.1 Å². The zero-order chi connectivity index (χ0) is 18.1. The van der Waals surface area contributed by atoms with Crippen LogP contribution in [0.25, 0.3) is 0 Å². The van der Waals surface area contributed by atoms with Crippen molar-refractivity contribution >= 4 is 23.6 Å². The molecule has 1 aromatic heterocycles. The Balaban J connectivity index is 1.30. The molecule has 2 aromatic rings. The van der Waals surface area contributed by atoms with Gasteiger partial charge >= 0.3 is 5.97 Å². The van der Waals surface area contributed by atoms with Gasteiger partial charge in [-0.25, -0.2) is 4.79 Å². The number of hydrogen-bond donors (Lipinski definition) is 2. The lowest BCUT2D eigenvalue weighted by atomic mass is 10.1. The van der Waals surface area contributed by atoms with Crippen LogP contribution in [0.15, 0.2) is 29.4 Å². The van der Waals surface area contributed by atoms with Gasteiger partial charge in [-0.1, -0.05) is 23.9 Å². The van der Waals surface area contributed by atoms with E-state index in [0.717, 1.165) is 16.5 Å². The molecule has 26 heavy (non-hydrogen) atoms. The van der Waals surface area contributed by atoms with Crippen molar-refractivity contribution in [2.45, 2.75) is 49.3 Å². The summed E-state index contributed by atoms with van der Waals surface area (Å²) in [6.45, 7) is 0.377. The summed E-state index contributed by atoms with van der Waals surface area (Å²) < 4.78 is 2.24. The fraction of sp³-hybridized carbons (Fsp3) is 0.444. The van der Waals surface area contributed by atoms with Crippen LogP contribution in [-0.2, 0) is 11.3 Å². The molecule has 4 rings (SSSR count). The third kappa shape index (κ3) is 3.90. The SMILES string of the molecule is O=C(CSc1nnc(C2CC2)n1C1CC1)NCc1ccc(C(=O)O)cc1. The van der Waals surface area contributed by atoms with E-state index in [9.17, 15) is 9.59 Å².